The van der Waals surface area contributed by atoms with E-state index in [0.29, 0.717) is 18.8 Å². The smallest absolute Gasteiger partial charge is 0.220 e. The third kappa shape index (κ3) is 3.47. The molecular formula is C12H20N4O. The lowest BCUT2D eigenvalue weighted by Gasteiger charge is -2.08. The molecule has 17 heavy (non-hydrogen) atoms. The van der Waals surface area contributed by atoms with Crippen LogP contribution in [0.4, 0.5) is 5.82 Å². The van der Waals surface area contributed by atoms with Crippen LogP contribution in [-0.4, -0.2) is 16.1 Å². The molecule has 1 aromatic rings. The summed E-state index contributed by atoms with van der Waals surface area (Å²) in [6.45, 7) is 0.464. The first-order valence-electron chi connectivity index (χ1n) is 6.30. The molecule has 1 saturated carbocycles. The Morgan fingerprint density at radius 2 is 2.29 bits per heavy atom. The van der Waals surface area contributed by atoms with E-state index in [9.17, 15) is 4.79 Å². The molecule has 5 nitrogen and oxygen atoms in total. The number of hydrogen-bond donors (Lipinski definition) is 3. The van der Waals surface area contributed by atoms with Crippen molar-refractivity contribution in [1.29, 1.82) is 0 Å². The number of rotatable bonds is 5. The quantitative estimate of drug-likeness (QED) is 0.725. The molecule has 0 unspecified atom stereocenters. The van der Waals surface area contributed by atoms with Gasteiger partial charge in [-0.3, -0.25) is 9.89 Å². The van der Waals surface area contributed by atoms with Crippen LogP contribution in [0.3, 0.4) is 0 Å². The number of H-pyrrole nitrogens is 1. The molecule has 0 spiro atoms. The minimum atomic E-state index is 0.109. The van der Waals surface area contributed by atoms with Gasteiger partial charge >= 0.3 is 0 Å². The lowest BCUT2D eigenvalue weighted by molar-refractivity contribution is -0.121. The van der Waals surface area contributed by atoms with Crippen molar-refractivity contribution in [2.75, 3.05) is 5.73 Å². The molecule has 0 saturated heterocycles. The normalized spacial score (nSPS) is 16.2. The van der Waals surface area contributed by atoms with Gasteiger partial charge in [0.2, 0.25) is 5.91 Å². The van der Waals surface area contributed by atoms with Crippen molar-refractivity contribution in [3.8, 4) is 0 Å². The number of nitrogen functional groups attached to an aromatic ring is 1. The Labute approximate surface area is 101 Å². The second kappa shape index (κ2) is 5.70. The van der Waals surface area contributed by atoms with Crippen LogP contribution in [0.15, 0.2) is 6.20 Å². The molecule has 0 atom stereocenters. The topological polar surface area (TPSA) is 83.8 Å². The van der Waals surface area contributed by atoms with Gasteiger partial charge in [-0.1, -0.05) is 25.7 Å². The van der Waals surface area contributed by atoms with Crippen LogP contribution in [0.25, 0.3) is 0 Å². The summed E-state index contributed by atoms with van der Waals surface area (Å²) in [4.78, 5) is 11.6. The maximum atomic E-state index is 11.6. The third-order valence-corrected chi connectivity index (χ3v) is 3.48. The van der Waals surface area contributed by atoms with Crippen LogP contribution in [0.1, 0.15) is 44.1 Å². The monoisotopic (exact) mass is 236 g/mol. The Kier molecular flexibility index (Phi) is 4.01. The highest BCUT2D eigenvalue weighted by Gasteiger charge is 2.16. The number of nitrogens with zero attached hydrogens (tertiary/aromatic N) is 1. The van der Waals surface area contributed by atoms with Crippen LogP contribution in [0.2, 0.25) is 0 Å². The first-order chi connectivity index (χ1) is 8.25. The van der Waals surface area contributed by atoms with Gasteiger partial charge in [-0.05, 0) is 12.3 Å². The highest BCUT2D eigenvalue weighted by Crippen LogP contribution is 2.28. The van der Waals surface area contributed by atoms with Gasteiger partial charge in [-0.15, -0.1) is 0 Å². The molecule has 1 aliphatic carbocycles. The molecule has 0 bridgehead atoms. The second-order valence-corrected chi connectivity index (χ2v) is 4.77. The van der Waals surface area contributed by atoms with E-state index in [0.717, 1.165) is 17.9 Å². The van der Waals surface area contributed by atoms with E-state index in [1.165, 1.54) is 25.7 Å². The van der Waals surface area contributed by atoms with Gasteiger partial charge in [0.15, 0.2) is 0 Å². The Balaban J connectivity index is 1.65. The fourth-order valence-corrected chi connectivity index (χ4v) is 2.38. The SMILES string of the molecule is Nc1[nH]ncc1CNC(=O)CCC1CCCC1. The van der Waals surface area contributed by atoms with Crippen molar-refractivity contribution < 1.29 is 4.79 Å². The summed E-state index contributed by atoms with van der Waals surface area (Å²) in [6, 6.07) is 0. The van der Waals surface area contributed by atoms with Gasteiger partial charge in [-0.2, -0.15) is 5.10 Å². The van der Waals surface area contributed by atoms with Gasteiger partial charge in [-0.25, -0.2) is 0 Å². The number of nitrogens with two attached hydrogens (primary N) is 1. The van der Waals surface area contributed by atoms with Crippen molar-refractivity contribution in [2.45, 2.75) is 45.1 Å². The number of hydrogen-bond acceptors (Lipinski definition) is 3. The van der Waals surface area contributed by atoms with Crippen molar-refractivity contribution in [3.05, 3.63) is 11.8 Å². The maximum absolute atomic E-state index is 11.6. The Morgan fingerprint density at radius 1 is 1.53 bits per heavy atom. The van der Waals surface area contributed by atoms with Crippen molar-refractivity contribution in [2.24, 2.45) is 5.92 Å². The first-order valence-corrected chi connectivity index (χ1v) is 6.30. The van der Waals surface area contributed by atoms with Crippen LogP contribution in [0.5, 0.6) is 0 Å². The standard InChI is InChI=1S/C12H20N4O/c13-12-10(8-15-16-12)7-14-11(17)6-5-9-3-1-2-4-9/h8-9H,1-7H2,(H,14,17)(H3,13,15,16). The number of aromatic nitrogens is 2. The number of nitrogens with one attached hydrogen (secondary N) is 2. The van der Waals surface area contributed by atoms with Gasteiger partial charge < -0.3 is 11.1 Å². The lowest BCUT2D eigenvalue weighted by atomic mass is 10.0. The van der Waals surface area contributed by atoms with E-state index >= 15 is 0 Å². The summed E-state index contributed by atoms with van der Waals surface area (Å²) >= 11 is 0. The highest BCUT2D eigenvalue weighted by molar-refractivity contribution is 5.75. The van der Waals surface area contributed by atoms with E-state index in [2.05, 4.69) is 15.5 Å². The molecule has 1 heterocycles. The second-order valence-electron chi connectivity index (χ2n) is 4.77. The fourth-order valence-electron chi connectivity index (χ4n) is 2.38. The van der Waals surface area contributed by atoms with Crippen molar-refractivity contribution in [1.82, 2.24) is 15.5 Å². The zero-order valence-electron chi connectivity index (χ0n) is 10.0. The Hall–Kier alpha value is -1.52. The number of anilines is 1. The predicted octanol–water partition coefficient (Wildman–Crippen LogP) is 1.58. The number of carbonyl (C=O) groups is 1. The average Bonchev–Trinajstić information content (AvgIpc) is 2.95. The van der Waals surface area contributed by atoms with Crippen LogP contribution in [0, 0.1) is 5.92 Å². The largest absolute Gasteiger partial charge is 0.384 e. The molecule has 1 aromatic heterocycles. The molecule has 1 amide bonds. The summed E-state index contributed by atoms with van der Waals surface area (Å²) < 4.78 is 0. The summed E-state index contributed by atoms with van der Waals surface area (Å²) in [6.07, 6.45) is 8.54. The minimum Gasteiger partial charge on any atom is -0.384 e. The van der Waals surface area contributed by atoms with Crippen LogP contribution in [-0.2, 0) is 11.3 Å². The summed E-state index contributed by atoms with van der Waals surface area (Å²) in [7, 11) is 0. The molecule has 0 aromatic carbocycles. The average molecular weight is 236 g/mol. The summed E-state index contributed by atoms with van der Waals surface area (Å²) in [5.41, 5.74) is 6.48. The van der Waals surface area contributed by atoms with Crippen molar-refractivity contribution >= 4 is 11.7 Å². The van der Waals surface area contributed by atoms with E-state index in [1.54, 1.807) is 6.20 Å². The third-order valence-electron chi connectivity index (χ3n) is 3.48. The molecule has 4 N–H and O–H groups in total. The number of carbonyl (C=O) groups excluding carboxylic acids is 1. The number of aromatic amines is 1. The van der Waals surface area contributed by atoms with Gasteiger partial charge in [0.05, 0.1) is 6.20 Å². The van der Waals surface area contributed by atoms with E-state index in [-0.39, 0.29) is 5.91 Å². The Bertz CT molecular complexity index is 368. The van der Waals surface area contributed by atoms with E-state index < -0.39 is 0 Å². The molecule has 1 fully saturated rings. The first kappa shape index (κ1) is 12.0. The Morgan fingerprint density at radius 3 is 2.94 bits per heavy atom. The van der Waals surface area contributed by atoms with Gasteiger partial charge in [0, 0.05) is 18.5 Å². The maximum Gasteiger partial charge on any atom is 0.220 e. The fraction of sp³-hybridized carbons (Fsp3) is 0.667. The van der Waals surface area contributed by atoms with Crippen LogP contribution >= 0.6 is 0 Å². The molecular weight excluding hydrogens is 216 g/mol. The molecule has 1 aliphatic rings. The molecule has 0 aliphatic heterocycles. The lowest BCUT2D eigenvalue weighted by Crippen LogP contribution is -2.23. The highest BCUT2D eigenvalue weighted by atomic mass is 16.1. The van der Waals surface area contributed by atoms with Crippen molar-refractivity contribution in [3.63, 3.8) is 0 Å². The van der Waals surface area contributed by atoms with E-state index in [4.69, 9.17) is 5.73 Å². The minimum absolute atomic E-state index is 0.109. The predicted molar refractivity (Wildman–Crippen MR) is 66.0 cm³/mol. The number of amides is 1. The van der Waals surface area contributed by atoms with Gasteiger partial charge in [0.1, 0.15) is 5.82 Å². The zero-order valence-corrected chi connectivity index (χ0v) is 10.0. The molecule has 0 radical (unpaired) electrons. The summed E-state index contributed by atoms with van der Waals surface area (Å²) in [5, 5.41) is 9.32. The van der Waals surface area contributed by atoms with Crippen LogP contribution < -0.4 is 11.1 Å². The summed E-state index contributed by atoms with van der Waals surface area (Å²) in [5.74, 6) is 1.40. The molecule has 2 rings (SSSR count). The van der Waals surface area contributed by atoms with E-state index in [1.807, 2.05) is 0 Å². The zero-order chi connectivity index (χ0) is 12.1. The van der Waals surface area contributed by atoms with Gasteiger partial charge in [0.25, 0.3) is 0 Å². The molecule has 5 heteroatoms. The molecule has 94 valence electrons.